The predicted molar refractivity (Wildman–Crippen MR) is 74.0 cm³/mol. The molecule has 2 rings (SSSR count). The maximum absolute atomic E-state index is 8.39. The molecule has 0 saturated heterocycles. The van der Waals surface area contributed by atoms with Crippen LogP contribution in [-0.4, -0.2) is 6.26 Å². The minimum absolute atomic E-state index is 0.876. The van der Waals surface area contributed by atoms with Crippen molar-refractivity contribution in [1.82, 2.24) is 0 Å². The van der Waals surface area contributed by atoms with Gasteiger partial charge in [0.2, 0.25) is 0 Å². The fourth-order valence-corrected chi connectivity index (χ4v) is 2.87. The lowest BCUT2D eigenvalue weighted by atomic mass is 10.2. The van der Waals surface area contributed by atoms with Gasteiger partial charge in [-0.15, -0.1) is 0 Å². The van der Waals surface area contributed by atoms with E-state index in [4.69, 9.17) is 4.78 Å². The monoisotopic (exact) mass is 244 g/mol. The van der Waals surface area contributed by atoms with Crippen molar-refractivity contribution in [2.24, 2.45) is 4.36 Å². The van der Waals surface area contributed by atoms with Crippen LogP contribution in [0.25, 0.3) is 0 Å². The summed E-state index contributed by atoms with van der Waals surface area (Å²) in [6.07, 6.45) is 1.89. The van der Waals surface area contributed by atoms with Crippen LogP contribution < -0.4 is 0 Å². The second-order valence-corrected chi connectivity index (χ2v) is 6.52. The van der Waals surface area contributed by atoms with E-state index in [0.29, 0.717) is 0 Å². The van der Waals surface area contributed by atoms with Gasteiger partial charge in [0.25, 0.3) is 0 Å². The standard InChI is InChI=1S/C14H16N2S/c1-12-8-10-14(11-9-12)17(2,15)16-13-6-4-3-5-7-13/h3-11,15H,1-2H3. The number of aryl methyl sites for hydroxylation is 1. The van der Waals surface area contributed by atoms with E-state index in [-0.39, 0.29) is 0 Å². The summed E-state index contributed by atoms with van der Waals surface area (Å²) in [6, 6.07) is 17.8. The average Bonchev–Trinajstić information content (AvgIpc) is 2.30. The molecule has 2 aromatic carbocycles. The first-order valence-electron chi connectivity index (χ1n) is 5.45. The van der Waals surface area contributed by atoms with Crippen LogP contribution in [0, 0.1) is 11.7 Å². The molecule has 0 heterocycles. The highest BCUT2D eigenvalue weighted by Gasteiger charge is 2.01. The summed E-state index contributed by atoms with van der Waals surface area (Å²) in [5.41, 5.74) is 2.09. The second-order valence-electron chi connectivity index (χ2n) is 4.12. The first-order chi connectivity index (χ1) is 8.08. The number of hydrogen-bond acceptors (Lipinski definition) is 2. The van der Waals surface area contributed by atoms with Crippen molar-refractivity contribution in [1.29, 1.82) is 4.78 Å². The molecule has 0 spiro atoms. The lowest BCUT2D eigenvalue weighted by molar-refractivity contribution is 1.34. The molecule has 1 atom stereocenters. The van der Waals surface area contributed by atoms with E-state index in [2.05, 4.69) is 11.3 Å². The van der Waals surface area contributed by atoms with Gasteiger partial charge in [0, 0.05) is 11.2 Å². The quantitative estimate of drug-likeness (QED) is 0.812. The fraction of sp³-hybridized carbons (Fsp3) is 0.143. The minimum atomic E-state index is -1.86. The molecule has 0 fully saturated rings. The van der Waals surface area contributed by atoms with E-state index in [1.54, 1.807) is 0 Å². The molecule has 0 aromatic heterocycles. The Labute approximate surface area is 103 Å². The summed E-state index contributed by atoms with van der Waals surface area (Å²) in [4.78, 5) is 0.993. The van der Waals surface area contributed by atoms with Crippen molar-refractivity contribution in [3.05, 3.63) is 60.2 Å². The average molecular weight is 244 g/mol. The van der Waals surface area contributed by atoms with Crippen molar-refractivity contribution in [2.45, 2.75) is 11.8 Å². The summed E-state index contributed by atoms with van der Waals surface area (Å²) in [6.45, 7) is 2.05. The molecule has 2 nitrogen and oxygen atoms in total. The summed E-state index contributed by atoms with van der Waals surface area (Å²) in [7, 11) is -1.86. The van der Waals surface area contributed by atoms with Gasteiger partial charge in [-0.3, -0.25) is 4.78 Å². The molecule has 0 saturated carbocycles. The molecule has 0 aliphatic carbocycles. The maximum Gasteiger partial charge on any atom is 0.0717 e. The zero-order valence-corrected chi connectivity index (χ0v) is 10.9. The van der Waals surface area contributed by atoms with Gasteiger partial charge in [0.1, 0.15) is 0 Å². The highest BCUT2D eigenvalue weighted by Crippen LogP contribution is 2.19. The Balaban J connectivity index is 2.46. The van der Waals surface area contributed by atoms with Gasteiger partial charge >= 0.3 is 0 Å². The van der Waals surface area contributed by atoms with E-state index in [1.165, 1.54) is 5.56 Å². The van der Waals surface area contributed by atoms with Crippen molar-refractivity contribution in [3.63, 3.8) is 0 Å². The fourth-order valence-electron chi connectivity index (χ4n) is 1.56. The van der Waals surface area contributed by atoms with Gasteiger partial charge in [-0.05, 0) is 40.8 Å². The SMILES string of the molecule is Cc1ccc(S(C)(=N)=Nc2ccccc2)cc1. The Morgan fingerprint density at radius 3 is 2.12 bits per heavy atom. The molecule has 1 N–H and O–H groups in total. The van der Waals surface area contributed by atoms with Gasteiger partial charge in [-0.1, -0.05) is 35.9 Å². The van der Waals surface area contributed by atoms with Crippen molar-refractivity contribution in [2.75, 3.05) is 6.26 Å². The summed E-state index contributed by atoms with van der Waals surface area (Å²) in [5, 5.41) is 0. The zero-order chi connectivity index (χ0) is 12.3. The summed E-state index contributed by atoms with van der Waals surface area (Å²) >= 11 is 0. The first-order valence-corrected chi connectivity index (χ1v) is 7.45. The van der Waals surface area contributed by atoms with Crippen LogP contribution in [0.3, 0.4) is 0 Å². The van der Waals surface area contributed by atoms with Crippen LogP contribution >= 0.6 is 0 Å². The highest BCUT2D eigenvalue weighted by atomic mass is 32.2. The molecule has 0 radical (unpaired) electrons. The Morgan fingerprint density at radius 2 is 1.53 bits per heavy atom. The van der Waals surface area contributed by atoms with Crippen LogP contribution in [0.4, 0.5) is 5.69 Å². The van der Waals surface area contributed by atoms with E-state index >= 15 is 0 Å². The maximum atomic E-state index is 8.39. The van der Waals surface area contributed by atoms with E-state index < -0.39 is 9.62 Å². The van der Waals surface area contributed by atoms with Gasteiger partial charge in [0.15, 0.2) is 0 Å². The molecule has 17 heavy (non-hydrogen) atoms. The van der Waals surface area contributed by atoms with Crippen molar-refractivity contribution >= 4 is 15.3 Å². The predicted octanol–water partition coefficient (Wildman–Crippen LogP) is 4.42. The third-order valence-corrected chi connectivity index (χ3v) is 4.29. The Morgan fingerprint density at radius 1 is 0.941 bits per heavy atom. The lowest BCUT2D eigenvalue weighted by Crippen LogP contribution is -1.94. The van der Waals surface area contributed by atoms with E-state index in [1.807, 2.05) is 60.9 Å². The number of benzene rings is 2. The molecule has 2 aromatic rings. The van der Waals surface area contributed by atoms with Crippen LogP contribution in [0.2, 0.25) is 0 Å². The Kier molecular flexibility index (Phi) is 3.29. The molecule has 0 aliphatic heterocycles. The van der Waals surface area contributed by atoms with Crippen LogP contribution in [0.1, 0.15) is 5.56 Å². The molecule has 1 unspecified atom stereocenters. The highest BCUT2D eigenvalue weighted by molar-refractivity contribution is 7.94. The van der Waals surface area contributed by atoms with Gasteiger partial charge in [0.05, 0.1) is 5.69 Å². The molecule has 0 bridgehead atoms. The largest absolute Gasteiger partial charge is 0.266 e. The van der Waals surface area contributed by atoms with Crippen LogP contribution in [0.15, 0.2) is 63.9 Å². The van der Waals surface area contributed by atoms with Gasteiger partial charge in [-0.25, -0.2) is 4.36 Å². The summed E-state index contributed by atoms with van der Waals surface area (Å²) in [5.74, 6) is 0. The molecular formula is C14H16N2S. The second kappa shape index (κ2) is 4.72. The molecule has 3 heteroatoms. The Hall–Kier alpha value is -1.61. The number of nitrogens with zero attached hydrogens (tertiary/aromatic N) is 1. The van der Waals surface area contributed by atoms with Crippen LogP contribution in [0.5, 0.6) is 0 Å². The molecule has 88 valence electrons. The van der Waals surface area contributed by atoms with Crippen molar-refractivity contribution in [3.8, 4) is 0 Å². The third-order valence-electron chi connectivity index (χ3n) is 2.52. The lowest BCUT2D eigenvalue weighted by Gasteiger charge is -2.08. The Bertz CT molecular complexity index is 606. The molecule has 0 aliphatic rings. The zero-order valence-electron chi connectivity index (χ0n) is 10.1. The summed E-state index contributed by atoms with van der Waals surface area (Å²) < 4.78 is 12.9. The van der Waals surface area contributed by atoms with Gasteiger partial charge < -0.3 is 0 Å². The number of hydrogen-bond donors (Lipinski definition) is 1. The van der Waals surface area contributed by atoms with Crippen molar-refractivity contribution < 1.29 is 0 Å². The first kappa shape index (κ1) is 11.9. The number of rotatable bonds is 2. The smallest absolute Gasteiger partial charge is 0.0717 e. The minimum Gasteiger partial charge on any atom is -0.266 e. The van der Waals surface area contributed by atoms with E-state index in [0.717, 1.165) is 10.6 Å². The normalized spacial score (nSPS) is 14.0. The van der Waals surface area contributed by atoms with Crippen LogP contribution in [-0.2, 0) is 9.62 Å². The molecule has 0 amide bonds. The molecular weight excluding hydrogens is 228 g/mol. The number of nitrogens with one attached hydrogen (secondary N) is 1. The van der Waals surface area contributed by atoms with E-state index in [9.17, 15) is 0 Å². The topological polar surface area (TPSA) is 36.2 Å². The third kappa shape index (κ3) is 2.94. The van der Waals surface area contributed by atoms with Gasteiger partial charge in [-0.2, -0.15) is 0 Å².